The van der Waals surface area contributed by atoms with Crippen molar-refractivity contribution in [2.75, 3.05) is 33.0 Å². The van der Waals surface area contributed by atoms with Crippen molar-refractivity contribution in [2.24, 2.45) is 0 Å². The van der Waals surface area contributed by atoms with E-state index in [1.807, 2.05) is 0 Å². The fraction of sp³-hybridized carbons (Fsp3) is 0.636. The van der Waals surface area contributed by atoms with E-state index in [1.54, 1.807) is 0 Å². The molecule has 0 aliphatic carbocycles. The molecular formula is C11H17F2NO6. The van der Waals surface area contributed by atoms with Gasteiger partial charge >= 0.3 is 18.2 Å². The van der Waals surface area contributed by atoms with Crippen molar-refractivity contribution in [3.63, 3.8) is 0 Å². The standard InChI is InChI=1S/C11H17F2NO6/c1-8(2)9(15)19-4-3-14-10(16)20-6-5-18-7-11(12,13)17/h17H,1,3-7H2,2H3,(H,14,16). The van der Waals surface area contributed by atoms with E-state index < -0.39 is 24.8 Å². The molecule has 0 unspecified atom stereocenters. The van der Waals surface area contributed by atoms with Crippen molar-refractivity contribution < 1.29 is 37.7 Å². The lowest BCUT2D eigenvalue weighted by Crippen LogP contribution is -2.30. The number of carbonyl (C=O) groups excluding carboxylic acids is 2. The molecule has 0 saturated carbocycles. The first-order chi connectivity index (χ1) is 9.22. The van der Waals surface area contributed by atoms with Crippen LogP contribution in [-0.4, -0.2) is 56.2 Å². The minimum atomic E-state index is -3.91. The van der Waals surface area contributed by atoms with Gasteiger partial charge in [-0.05, 0) is 6.92 Å². The van der Waals surface area contributed by atoms with Crippen molar-refractivity contribution in [3.05, 3.63) is 12.2 Å². The molecule has 0 aromatic heterocycles. The number of ether oxygens (including phenoxy) is 3. The zero-order valence-electron chi connectivity index (χ0n) is 11.0. The maximum Gasteiger partial charge on any atom is 0.407 e. The lowest BCUT2D eigenvalue weighted by Gasteiger charge is -2.10. The summed E-state index contributed by atoms with van der Waals surface area (Å²) in [6.45, 7) is 3.13. The van der Waals surface area contributed by atoms with Crippen LogP contribution in [0.4, 0.5) is 13.6 Å². The second-order valence-electron chi connectivity index (χ2n) is 3.70. The highest BCUT2D eigenvalue weighted by Crippen LogP contribution is 2.07. The normalized spacial score (nSPS) is 10.8. The number of hydrogen-bond acceptors (Lipinski definition) is 6. The van der Waals surface area contributed by atoms with Gasteiger partial charge in [0.2, 0.25) is 0 Å². The maximum absolute atomic E-state index is 11.9. The molecule has 0 saturated heterocycles. The highest BCUT2D eigenvalue weighted by molar-refractivity contribution is 5.86. The quantitative estimate of drug-likeness (QED) is 0.364. The Bertz CT molecular complexity index is 342. The van der Waals surface area contributed by atoms with Gasteiger partial charge in [-0.3, -0.25) is 0 Å². The van der Waals surface area contributed by atoms with E-state index in [0.29, 0.717) is 0 Å². The number of hydrogen-bond donors (Lipinski definition) is 2. The van der Waals surface area contributed by atoms with E-state index in [9.17, 15) is 18.4 Å². The molecule has 0 aromatic carbocycles. The highest BCUT2D eigenvalue weighted by Gasteiger charge is 2.24. The van der Waals surface area contributed by atoms with Gasteiger partial charge < -0.3 is 24.6 Å². The molecule has 9 heteroatoms. The molecule has 0 aliphatic rings. The van der Waals surface area contributed by atoms with Crippen molar-refractivity contribution >= 4 is 12.1 Å². The first kappa shape index (κ1) is 18.3. The first-order valence-electron chi connectivity index (χ1n) is 5.63. The third-order valence-corrected chi connectivity index (χ3v) is 1.69. The molecule has 2 N–H and O–H groups in total. The SMILES string of the molecule is C=C(C)C(=O)OCCNC(=O)OCCOCC(O)(F)F. The van der Waals surface area contributed by atoms with Crippen LogP contribution in [0.2, 0.25) is 0 Å². The zero-order chi connectivity index (χ0) is 15.6. The number of amides is 1. The van der Waals surface area contributed by atoms with Crippen molar-refractivity contribution in [1.29, 1.82) is 0 Å². The van der Waals surface area contributed by atoms with Crippen LogP contribution in [-0.2, 0) is 19.0 Å². The average molecular weight is 297 g/mol. The lowest BCUT2D eigenvalue weighted by molar-refractivity contribution is -0.232. The smallest absolute Gasteiger partial charge is 0.407 e. The van der Waals surface area contributed by atoms with Gasteiger partial charge in [-0.2, -0.15) is 8.78 Å². The van der Waals surface area contributed by atoms with E-state index in [1.165, 1.54) is 6.92 Å². The number of alkyl halides is 2. The molecule has 0 radical (unpaired) electrons. The molecule has 0 rings (SSSR count). The molecular weight excluding hydrogens is 280 g/mol. The molecule has 116 valence electrons. The van der Waals surface area contributed by atoms with Crippen LogP contribution in [0.3, 0.4) is 0 Å². The number of alkyl carbamates (subject to hydrolysis) is 1. The predicted octanol–water partition coefficient (Wildman–Crippen LogP) is 0.434. The van der Waals surface area contributed by atoms with Crippen molar-refractivity contribution in [2.45, 2.75) is 13.0 Å². The van der Waals surface area contributed by atoms with E-state index >= 15 is 0 Å². The molecule has 0 atom stereocenters. The molecule has 0 spiro atoms. The topological polar surface area (TPSA) is 94.1 Å². The minimum absolute atomic E-state index is 0.0351. The fourth-order valence-electron chi connectivity index (χ4n) is 0.859. The minimum Gasteiger partial charge on any atom is -0.460 e. The van der Waals surface area contributed by atoms with Gasteiger partial charge in [-0.15, -0.1) is 0 Å². The van der Waals surface area contributed by atoms with E-state index in [2.05, 4.69) is 26.1 Å². The summed E-state index contributed by atoms with van der Waals surface area (Å²) in [6, 6.07) is 0. The van der Waals surface area contributed by atoms with Crippen molar-refractivity contribution in [1.82, 2.24) is 5.32 Å². The second kappa shape index (κ2) is 9.21. The van der Waals surface area contributed by atoms with E-state index in [0.717, 1.165) is 0 Å². The number of rotatable bonds is 9. The Morgan fingerprint density at radius 1 is 1.25 bits per heavy atom. The fourth-order valence-corrected chi connectivity index (χ4v) is 0.859. The molecule has 0 heterocycles. The van der Waals surface area contributed by atoms with E-state index in [-0.39, 0.29) is 31.9 Å². The molecule has 0 aromatic rings. The summed E-state index contributed by atoms with van der Waals surface area (Å²) in [5, 5.41) is 10.3. The van der Waals surface area contributed by atoms with Gasteiger partial charge in [-0.1, -0.05) is 6.58 Å². The number of halogens is 2. The van der Waals surface area contributed by atoms with Crippen LogP contribution < -0.4 is 5.32 Å². The number of nitrogens with one attached hydrogen (secondary N) is 1. The molecule has 20 heavy (non-hydrogen) atoms. The molecule has 0 bridgehead atoms. The summed E-state index contributed by atoms with van der Waals surface area (Å²) < 4.78 is 37.4. The Labute approximate surface area is 114 Å². The van der Waals surface area contributed by atoms with Gasteiger partial charge in [0.05, 0.1) is 13.2 Å². The summed E-state index contributed by atoms with van der Waals surface area (Å²) >= 11 is 0. The predicted molar refractivity (Wildman–Crippen MR) is 63.1 cm³/mol. The first-order valence-corrected chi connectivity index (χ1v) is 5.63. The summed E-state index contributed by atoms with van der Waals surface area (Å²) in [5.41, 5.74) is 0.241. The van der Waals surface area contributed by atoms with Gasteiger partial charge in [0, 0.05) is 5.57 Å². The number of esters is 1. The largest absolute Gasteiger partial charge is 0.460 e. The number of carbonyl (C=O) groups is 2. The number of aliphatic hydroxyl groups is 1. The average Bonchev–Trinajstić information content (AvgIpc) is 2.32. The van der Waals surface area contributed by atoms with Crippen LogP contribution in [0.25, 0.3) is 0 Å². The summed E-state index contributed by atoms with van der Waals surface area (Å²) in [4.78, 5) is 22.0. The Morgan fingerprint density at radius 2 is 1.90 bits per heavy atom. The Hall–Kier alpha value is -1.74. The van der Waals surface area contributed by atoms with Gasteiger partial charge in [0.1, 0.15) is 19.8 Å². The maximum atomic E-state index is 11.9. The van der Waals surface area contributed by atoms with Crippen LogP contribution in [0, 0.1) is 0 Å². The molecule has 0 aliphatic heterocycles. The third-order valence-electron chi connectivity index (χ3n) is 1.69. The van der Waals surface area contributed by atoms with Crippen LogP contribution in [0.15, 0.2) is 12.2 Å². The monoisotopic (exact) mass is 297 g/mol. The molecule has 1 amide bonds. The highest BCUT2D eigenvalue weighted by atomic mass is 19.3. The Morgan fingerprint density at radius 3 is 2.45 bits per heavy atom. The van der Waals surface area contributed by atoms with Crippen LogP contribution in [0.1, 0.15) is 6.92 Å². The Balaban J connectivity index is 3.46. The Kier molecular flexibility index (Phi) is 8.41. The molecule has 7 nitrogen and oxygen atoms in total. The van der Waals surface area contributed by atoms with Crippen molar-refractivity contribution in [3.8, 4) is 0 Å². The van der Waals surface area contributed by atoms with Gasteiger partial charge in [0.25, 0.3) is 0 Å². The zero-order valence-corrected chi connectivity index (χ0v) is 11.0. The summed E-state index contributed by atoms with van der Waals surface area (Å²) in [7, 11) is 0. The van der Waals surface area contributed by atoms with Gasteiger partial charge in [0.15, 0.2) is 0 Å². The lowest BCUT2D eigenvalue weighted by atomic mass is 10.4. The van der Waals surface area contributed by atoms with E-state index in [4.69, 9.17) is 5.11 Å². The van der Waals surface area contributed by atoms with Crippen LogP contribution >= 0.6 is 0 Å². The third kappa shape index (κ3) is 11.4. The summed E-state index contributed by atoms with van der Waals surface area (Å²) in [6.07, 6.45) is -4.72. The second-order valence-corrected chi connectivity index (χ2v) is 3.70. The molecule has 0 fully saturated rings. The summed E-state index contributed by atoms with van der Waals surface area (Å²) in [5.74, 6) is -0.571. The van der Waals surface area contributed by atoms with Crippen LogP contribution in [0.5, 0.6) is 0 Å². The van der Waals surface area contributed by atoms with Gasteiger partial charge in [-0.25, -0.2) is 9.59 Å².